The molecule has 0 saturated carbocycles. The van der Waals surface area contributed by atoms with Gasteiger partial charge in [-0.1, -0.05) is 75.6 Å². The van der Waals surface area contributed by atoms with E-state index in [4.69, 9.17) is 20.0 Å². The third-order valence-corrected chi connectivity index (χ3v) is 7.02. The van der Waals surface area contributed by atoms with Crippen LogP contribution in [0.2, 0.25) is 0 Å². The lowest BCUT2D eigenvalue weighted by molar-refractivity contribution is 0.299. The Kier molecular flexibility index (Phi) is 12.5. The molecule has 4 nitrogen and oxygen atoms in total. The molecule has 0 bridgehead atoms. The Morgan fingerprint density at radius 2 is 1.27 bits per heavy atom. The van der Waals surface area contributed by atoms with Crippen LogP contribution in [0.15, 0.2) is 91.5 Å². The Morgan fingerprint density at radius 3 is 1.80 bits per heavy atom. The highest BCUT2D eigenvalue weighted by Gasteiger charge is 2.05. The summed E-state index contributed by atoms with van der Waals surface area (Å²) in [5, 5.41) is 17.8. The Labute approximate surface area is 245 Å². The first-order valence-corrected chi connectivity index (χ1v) is 14.3. The average molecular weight is 545 g/mol. The van der Waals surface area contributed by atoms with Crippen molar-refractivity contribution in [2.24, 2.45) is 0 Å². The zero-order valence-electron chi connectivity index (χ0n) is 24.4. The van der Waals surface area contributed by atoms with Crippen molar-refractivity contribution < 1.29 is 9.47 Å². The van der Waals surface area contributed by atoms with Crippen LogP contribution in [0.3, 0.4) is 0 Å². The Bertz CT molecular complexity index is 1440. The van der Waals surface area contributed by atoms with E-state index in [1.54, 1.807) is 6.08 Å². The number of hydrogen-bond acceptors (Lipinski definition) is 4. The highest BCUT2D eigenvalue weighted by atomic mass is 16.5. The van der Waals surface area contributed by atoms with Crippen molar-refractivity contribution in [3.05, 3.63) is 114 Å². The van der Waals surface area contributed by atoms with Gasteiger partial charge in [0.15, 0.2) is 0 Å². The Morgan fingerprint density at radius 1 is 0.707 bits per heavy atom. The molecule has 0 atom stereocenters. The van der Waals surface area contributed by atoms with Gasteiger partial charge >= 0.3 is 0 Å². The molecule has 0 aliphatic carbocycles. The van der Waals surface area contributed by atoms with Crippen molar-refractivity contribution in [3.8, 4) is 34.8 Å². The van der Waals surface area contributed by atoms with E-state index in [-0.39, 0.29) is 0 Å². The number of ether oxygens (including phenoxy) is 2. The van der Waals surface area contributed by atoms with Gasteiger partial charge in [-0.05, 0) is 103 Å². The molecule has 0 unspecified atom stereocenters. The van der Waals surface area contributed by atoms with Crippen molar-refractivity contribution in [1.29, 1.82) is 10.5 Å². The molecule has 0 heterocycles. The van der Waals surface area contributed by atoms with Gasteiger partial charge in [-0.3, -0.25) is 0 Å². The van der Waals surface area contributed by atoms with Gasteiger partial charge in [0.05, 0.1) is 30.9 Å². The number of benzene rings is 3. The van der Waals surface area contributed by atoms with E-state index in [0.717, 1.165) is 65.4 Å². The highest BCUT2D eigenvalue weighted by molar-refractivity contribution is 5.75. The van der Waals surface area contributed by atoms with Gasteiger partial charge in [0.2, 0.25) is 0 Å². The van der Waals surface area contributed by atoms with Crippen LogP contribution in [0.25, 0.3) is 16.7 Å². The van der Waals surface area contributed by atoms with Gasteiger partial charge in [0, 0.05) is 5.57 Å². The summed E-state index contributed by atoms with van der Waals surface area (Å²) in [5.41, 5.74) is 7.51. The van der Waals surface area contributed by atoms with Crippen molar-refractivity contribution in [1.82, 2.24) is 0 Å². The quantitative estimate of drug-likeness (QED) is 0.102. The molecule has 3 rings (SSSR count). The van der Waals surface area contributed by atoms with Crippen LogP contribution < -0.4 is 9.47 Å². The van der Waals surface area contributed by atoms with Crippen molar-refractivity contribution >= 4 is 5.57 Å². The summed E-state index contributed by atoms with van der Waals surface area (Å²) in [7, 11) is 0. The molecule has 0 aliphatic heterocycles. The normalized spacial score (nSPS) is 10.6. The predicted octanol–water partition coefficient (Wildman–Crippen LogP) is 9.68. The predicted molar refractivity (Wildman–Crippen MR) is 169 cm³/mol. The molecule has 4 heteroatoms. The molecule has 0 radical (unpaired) electrons. The average Bonchev–Trinajstić information content (AvgIpc) is 2.98. The van der Waals surface area contributed by atoms with Gasteiger partial charge in [-0.25, -0.2) is 0 Å². The third kappa shape index (κ3) is 10.2. The minimum Gasteiger partial charge on any atom is -0.494 e. The summed E-state index contributed by atoms with van der Waals surface area (Å²) >= 11 is 0. The summed E-state index contributed by atoms with van der Waals surface area (Å²) in [6, 6.07) is 24.1. The number of nitrogens with zero attached hydrogens (tertiary/aromatic N) is 2. The summed E-state index contributed by atoms with van der Waals surface area (Å²) < 4.78 is 11.9. The second-order valence-corrected chi connectivity index (χ2v) is 10.3. The van der Waals surface area contributed by atoms with Crippen LogP contribution >= 0.6 is 0 Å². The number of rotatable bonds is 16. The summed E-state index contributed by atoms with van der Waals surface area (Å²) in [6.45, 7) is 13.3. The third-order valence-electron chi connectivity index (χ3n) is 7.02. The molecule has 0 fully saturated rings. The van der Waals surface area contributed by atoms with Crippen LogP contribution in [0.1, 0.15) is 67.2 Å². The largest absolute Gasteiger partial charge is 0.494 e. The molecular formula is C37H40N2O2. The fraction of sp³-hybridized carbons (Fsp3) is 0.297. The number of aryl methyl sites for hydroxylation is 2. The van der Waals surface area contributed by atoms with E-state index in [2.05, 4.69) is 38.3 Å². The molecular weight excluding hydrogens is 504 g/mol. The topological polar surface area (TPSA) is 66.0 Å². The summed E-state index contributed by atoms with van der Waals surface area (Å²) in [5.74, 6) is 1.79. The smallest absolute Gasteiger partial charge is 0.119 e. The van der Waals surface area contributed by atoms with Crippen molar-refractivity contribution in [2.45, 2.75) is 58.8 Å². The van der Waals surface area contributed by atoms with Crippen LogP contribution in [0, 0.1) is 36.5 Å². The van der Waals surface area contributed by atoms with E-state index >= 15 is 0 Å². The first kappa shape index (κ1) is 31.0. The maximum atomic E-state index is 8.99. The Hall–Kier alpha value is -4.54. The van der Waals surface area contributed by atoms with Gasteiger partial charge < -0.3 is 9.47 Å². The van der Waals surface area contributed by atoms with Gasteiger partial charge in [0.25, 0.3) is 0 Å². The SMILES string of the molecule is C=C(C#N)C=CC(=C)c1ccc(OCCCCCCCCCOc2ccc(-c3ccc(C#N)cc3)c(C)c2)cc1C. The molecule has 3 aromatic carbocycles. The van der Waals surface area contributed by atoms with E-state index < -0.39 is 0 Å². The maximum Gasteiger partial charge on any atom is 0.119 e. The lowest BCUT2D eigenvalue weighted by Gasteiger charge is -2.11. The second-order valence-electron chi connectivity index (χ2n) is 10.3. The fourth-order valence-corrected chi connectivity index (χ4v) is 4.66. The number of hydrogen-bond donors (Lipinski definition) is 0. The molecule has 3 aromatic rings. The molecule has 0 aliphatic rings. The zero-order chi connectivity index (χ0) is 29.5. The van der Waals surface area contributed by atoms with E-state index in [1.165, 1.54) is 37.7 Å². The number of nitriles is 2. The van der Waals surface area contributed by atoms with Crippen LogP contribution in [0.4, 0.5) is 0 Å². The van der Waals surface area contributed by atoms with Gasteiger partial charge in [-0.2, -0.15) is 10.5 Å². The highest BCUT2D eigenvalue weighted by Crippen LogP contribution is 2.27. The summed E-state index contributed by atoms with van der Waals surface area (Å²) in [4.78, 5) is 0. The fourth-order valence-electron chi connectivity index (χ4n) is 4.66. The maximum absolute atomic E-state index is 8.99. The van der Waals surface area contributed by atoms with Gasteiger partial charge in [-0.15, -0.1) is 0 Å². The van der Waals surface area contributed by atoms with Crippen LogP contribution in [-0.2, 0) is 0 Å². The van der Waals surface area contributed by atoms with Crippen LogP contribution in [0.5, 0.6) is 11.5 Å². The Balaban J connectivity index is 1.24. The van der Waals surface area contributed by atoms with Crippen LogP contribution in [-0.4, -0.2) is 13.2 Å². The van der Waals surface area contributed by atoms with Gasteiger partial charge in [0.1, 0.15) is 11.5 Å². The number of unbranched alkanes of at least 4 members (excludes halogenated alkanes) is 6. The molecule has 0 spiro atoms. The molecule has 0 saturated heterocycles. The van der Waals surface area contributed by atoms with Crippen molar-refractivity contribution in [2.75, 3.05) is 13.2 Å². The molecule has 0 aromatic heterocycles. The minimum atomic E-state index is 0.410. The summed E-state index contributed by atoms with van der Waals surface area (Å²) in [6.07, 6.45) is 11.6. The lowest BCUT2D eigenvalue weighted by atomic mass is 9.99. The zero-order valence-corrected chi connectivity index (χ0v) is 24.4. The van der Waals surface area contributed by atoms with Crippen molar-refractivity contribution in [3.63, 3.8) is 0 Å². The van der Waals surface area contributed by atoms with E-state index in [0.29, 0.717) is 11.1 Å². The first-order valence-electron chi connectivity index (χ1n) is 14.3. The minimum absolute atomic E-state index is 0.410. The first-order chi connectivity index (χ1) is 19.9. The van der Waals surface area contributed by atoms with E-state index in [1.807, 2.05) is 67.6 Å². The lowest BCUT2D eigenvalue weighted by Crippen LogP contribution is -1.99. The second kappa shape index (κ2) is 16.5. The molecule has 41 heavy (non-hydrogen) atoms. The van der Waals surface area contributed by atoms with E-state index in [9.17, 15) is 0 Å². The molecule has 0 amide bonds. The standard InChI is InChI=1S/C37H40N2O2/c1-28(26-38)12-13-29(2)36-20-18-34(24-30(36)3)40-22-10-8-6-5-7-9-11-23-41-35-19-21-37(31(4)25-35)33-16-14-32(27-39)15-17-33/h12-21,24-25H,1-2,5-11,22-23H2,3-4H3. The number of allylic oxidation sites excluding steroid dienone is 4. The molecule has 0 N–H and O–H groups in total. The molecule has 210 valence electrons. The monoisotopic (exact) mass is 544 g/mol.